The molecule has 2 rings (SSSR count). The minimum Gasteiger partial charge on any atom is -0.508 e. The van der Waals surface area contributed by atoms with Gasteiger partial charge < -0.3 is 5.11 Å². The number of thioether (sulfide) groups is 1. The SMILES string of the molecule is CC(C)=CCc1cc(C2CCCS2)ccc1O. The lowest BCUT2D eigenvalue weighted by Crippen LogP contribution is -1.92. The highest BCUT2D eigenvalue weighted by Gasteiger charge is 2.18. The van der Waals surface area contributed by atoms with Crippen LogP contribution in [0.5, 0.6) is 5.75 Å². The molecule has 0 radical (unpaired) electrons. The lowest BCUT2D eigenvalue weighted by atomic mass is 10.0. The van der Waals surface area contributed by atoms with Gasteiger partial charge in [-0.25, -0.2) is 0 Å². The topological polar surface area (TPSA) is 20.2 Å². The van der Waals surface area contributed by atoms with Gasteiger partial charge in [0.15, 0.2) is 0 Å². The third kappa shape index (κ3) is 3.29. The smallest absolute Gasteiger partial charge is 0.119 e. The Morgan fingerprint density at radius 1 is 1.47 bits per heavy atom. The quantitative estimate of drug-likeness (QED) is 0.796. The second kappa shape index (κ2) is 5.63. The number of aromatic hydroxyl groups is 1. The fourth-order valence-corrected chi connectivity index (χ4v) is 3.41. The summed E-state index contributed by atoms with van der Waals surface area (Å²) in [5, 5.41) is 10.5. The van der Waals surface area contributed by atoms with E-state index >= 15 is 0 Å². The van der Waals surface area contributed by atoms with E-state index < -0.39 is 0 Å². The summed E-state index contributed by atoms with van der Waals surface area (Å²) < 4.78 is 0. The zero-order chi connectivity index (χ0) is 12.3. The first-order valence-electron chi connectivity index (χ1n) is 6.23. The van der Waals surface area contributed by atoms with Crippen molar-refractivity contribution in [1.82, 2.24) is 0 Å². The molecule has 0 aliphatic carbocycles. The van der Waals surface area contributed by atoms with E-state index in [2.05, 4.69) is 32.1 Å². The van der Waals surface area contributed by atoms with Gasteiger partial charge in [-0.3, -0.25) is 0 Å². The van der Waals surface area contributed by atoms with Gasteiger partial charge in [0.05, 0.1) is 0 Å². The van der Waals surface area contributed by atoms with Crippen molar-refractivity contribution in [3.8, 4) is 5.75 Å². The van der Waals surface area contributed by atoms with Crippen LogP contribution in [0, 0.1) is 0 Å². The van der Waals surface area contributed by atoms with Crippen molar-refractivity contribution in [2.24, 2.45) is 0 Å². The molecule has 0 aromatic heterocycles. The fourth-order valence-electron chi connectivity index (χ4n) is 2.12. The van der Waals surface area contributed by atoms with E-state index in [1.807, 2.05) is 17.8 Å². The number of hydrogen-bond acceptors (Lipinski definition) is 2. The number of benzene rings is 1. The Bertz CT molecular complexity index is 413. The van der Waals surface area contributed by atoms with E-state index in [4.69, 9.17) is 0 Å². The van der Waals surface area contributed by atoms with Crippen molar-refractivity contribution in [3.63, 3.8) is 0 Å². The van der Waals surface area contributed by atoms with E-state index in [1.54, 1.807) is 0 Å². The van der Waals surface area contributed by atoms with Crippen LogP contribution in [-0.2, 0) is 6.42 Å². The Balaban J connectivity index is 2.19. The molecule has 1 atom stereocenters. The van der Waals surface area contributed by atoms with Gasteiger partial charge in [0, 0.05) is 5.25 Å². The van der Waals surface area contributed by atoms with Gasteiger partial charge in [-0.2, -0.15) is 11.8 Å². The molecule has 1 N–H and O–H groups in total. The highest BCUT2D eigenvalue weighted by atomic mass is 32.2. The monoisotopic (exact) mass is 248 g/mol. The lowest BCUT2D eigenvalue weighted by molar-refractivity contribution is 0.469. The van der Waals surface area contributed by atoms with Gasteiger partial charge in [0.25, 0.3) is 0 Å². The van der Waals surface area contributed by atoms with Crippen LogP contribution in [0.1, 0.15) is 43.1 Å². The summed E-state index contributed by atoms with van der Waals surface area (Å²) in [6, 6.07) is 6.10. The molecule has 92 valence electrons. The zero-order valence-corrected chi connectivity index (χ0v) is 11.4. The van der Waals surface area contributed by atoms with E-state index in [9.17, 15) is 5.11 Å². The maximum atomic E-state index is 9.85. The average Bonchev–Trinajstić information content (AvgIpc) is 2.81. The van der Waals surface area contributed by atoms with Crippen LogP contribution in [0.3, 0.4) is 0 Å². The minimum absolute atomic E-state index is 0.425. The molecule has 0 saturated carbocycles. The van der Waals surface area contributed by atoms with Gasteiger partial charge in [-0.05, 0) is 56.1 Å². The number of phenolic OH excluding ortho intramolecular Hbond substituents is 1. The first-order valence-corrected chi connectivity index (χ1v) is 7.28. The van der Waals surface area contributed by atoms with Crippen molar-refractivity contribution in [2.75, 3.05) is 5.75 Å². The van der Waals surface area contributed by atoms with Crippen molar-refractivity contribution < 1.29 is 5.11 Å². The van der Waals surface area contributed by atoms with Gasteiger partial charge in [-0.15, -0.1) is 0 Å². The van der Waals surface area contributed by atoms with Crippen molar-refractivity contribution in [1.29, 1.82) is 0 Å². The second-order valence-electron chi connectivity index (χ2n) is 4.88. The fraction of sp³-hybridized carbons (Fsp3) is 0.467. The molecule has 1 fully saturated rings. The molecule has 0 amide bonds. The standard InChI is InChI=1S/C15H20OS/c1-11(2)5-6-12-10-13(7-8-14(12)16)15-4-3-9-17-15/h5,7-8,10,15-16H,3-4,6,9H2,1-2H3. The molecule has 1 aliphatic heterocycles. The van der Waals surface area contributed by atoms with Crippen molar-refractivity contribution in [2.45, 2.75) is 38.4 Å². The summed E-state index contributed by atoms with van der Waals surface area (Å²) in [5.41, 5.74) is 3.73. The molecule has 1 aliphatic rings. The van der Waals surface area contributed by atoms with Crippen LogP contribution < -0.4 is 0 Å². The molecular formula is C15H20OS. The van der Waals surface area contributed by atoms with Crippen LogP contribution in [-0.4, -0.2) is 10.9 Å². The summed E-state index contributed by atoms with van der Waals surface area (Å²) in [7, 11) is 0. The Hall–Kier alpha value is -0.890. The first kappa shape index (κ1) is 12.6. The predicted molar refractivity (Wildman–Crippen MR) is 75.7 cm³/mol. The second-order valence-corrected chi connectivity index (χ2v) is 6.19. The zero-order valence-electron chi connectivity index (χ0n) is 10.6. The summed E-state index contributed by atoms with van der Waals surface area (Å²) in [4.78, 5) is 0. The van der Waals surface area contributed by atoms with Gasteiger partial charge >= 0.3 is 0 Å². The molecule has 1 saturated heterocycles. The van der Waals surface area contributed by atoms with E-state index in [1.165, 1.54) is 29.7 Å². The third-order valence-electron chi connectivity index (χ3n) is 3.14. The van der Waals surface area contributed by atoms with Crippen LogP contribution in [0.2, 0.25) is 0 Å². The van der Waals surface area contributed by atoms with Crippen LogP contribution >= 0.6 is 11.8 Å². The maximum absolute atomic E-state index is 9.85. The summed E-state index contributed by atoms with van der Waals surface area (Å²) >= 11 is 2.04. The molecule has 1 unspecified atom stereocenters. The number of hydrogen-bond donors (Lipinski definition) is 1. The van der Waals surface area contributed by atoms with Crippen LogP contribution in [0.4, 0.5) is 0 Å². The molecule has 1 aromatic carbocycles. The maximum Gasteiger partial charge on any atom is 0.119 e. The predicted octanol–water partition coefficient (Wildman–Crippen LogP) is 4.47. The normalized spacial score (nSPS) is 19.3. The average molecular weight is 248 g/mol. The van der Waals surface area contributed by atoms with Gasteiger partial charge in [0.1, 0.15) is 5.75 Å². The largest absolute Gasteiger partial charge is 0.508 e. The molecule has 0 bridgehead atoms. The third-order valence-corrected chi connectivity index (χ3v) is 4.57. The van der Waals surface area contributed by atoms with Crippen molar-refractivity contribution in [3.05, 3.63) is 41.0 Å². The van der Waals surface area contributed by atoms with E-state index in [0.29, 0.717) is 11.0 Å². The van der Waals surface area contributed by atoms with Crippen LogP contribution in [0.25, 0.3) is 0 Å². The number of allylic oxidation sites excluding steroid dienone is 2. The highest BCUT2D eigenvalue weighted by molar-refractivity contribution is 7.99. The Kier molecular flexibility index (Phi) is 4.16. The van der Waals surface area contributed by atoms with Gasteiger partial charge in [0.2, 0.25) is 0 Å². The Morgan fingerprint density at radius 3 is 2.94 bits per heavy atom. The first-order chi connectivity index (χ1) is 8.16. The highest BCUT2D eigenvalue weighted by Crippen LogP contribution is 2.40. The number of rotatable bonds is 3. The summed E-state index contributed by atoms with van der Waals surface area (Å²) in [5.74, 6) is 1.70. The molecule has 1 nitrogen and oxygen atoms in total. The van der Waals surface area contributed by atoms with Crippen molar-refractivity contribution >= 4 is 11.8 Å². The number of phenols is 1. The Labute approximate surface area is 108 Å². The summed E-state index contributed by atoms with van der Waals surface area (Å²) in [6.07, 6.45) is 5.59. The van der Waals surface area contributed by atoms with Crippen LogP contribution in [0.15, 0.2) is 29.8 Å². The Morgan fingerprint density at radius 2 is 2.29 bits per heavy atom. The molecule has 1 aromatic rings. The molecular weight excluding hydrogens is 228 g/mol. The molecule has 17 heavy (non-hydrogen) atoms. The molecule has 2 heteroatoms. The lowest BCUT2D eigenvalue weighted by Gasteiger charge is -2.11. The molecule has 0 spiro atoms. The molecule has 1 heterocycles. The van der Waals surface area contributed by atoms with Gasteiger partial charge in [-0.1, -0.05) is 23.8 Å². The minimum atomic E-state index is 0.425. The summed E-state index contributed by atoms with van der Waals surface area (Å²) in [6.45, 7) is 4.18. The van der Waals surface area contributed by atoms with E-state index in [-0.39, 0.29) is 0 Å². The van der Waals surface area contributed by atoms with E-state index in [0.717, 1.165) is 12.0 Å².